The summed E-state index contributed by atoms with van der Waals surface area (Å²) in [6.45, 7) is 0.247. The van der Waals surface area contributed by atoms with Crippen molar-refractivity contribution in [2.75, 3.05) is 31.7 Å². The highest BCUT2D eigenvalue weighted by Gasteiger charge is 2.13. The van der Waals surface area contributed by atoms with Crippen LogP contribution in [0.2, 0.25) is 5.02 Å². The molecule has 6 nitrogen and oxygen atoms in total. The van der Waals surface area contributed by atoms with Crippen LogP contribution in [0.5, 0.6) is 0 Å². The fourth-order valence-electron chi connectivity index (χ4n) is 0.924. The van der Waals surface area contributed by atoms with Crippen LogP contribution in [-0.2, 0) is 10.0 Å². The van der Waals surface area contributed by atoms with E-state index >= 15 is 0 Å². The van der Waals surface area contributed by atoms with Crippen LogP contribution in [0.4, 0.5) is 5.82 Å². The number of aromatic nitrogens is 2. The fourth-order valence-corrected chi connectivity index (χ4v) is 1.82. The zero-order valence-corrected chi connectivity index (χ0v) is 10.6. The first-order chi connectivity index (χ1) is 7.43. The second-order valence-electron chi connectivity index (χ2n) is 3.24. The molecule has 0 aliphatic carbocycles. The lowest BCUT2D eigenvalue weighted by molar-refractivity contribution is 0.521. The predicted octanol–water partition coefficient (Wildman–Crippen LogP) is 0.433. The smallest absolute Gasteiger partial charge is 0.215 e. The molecule has 0 aromatic carbocycles. The molecular formula is C8H13ClN4O2S. The Bertz CT molecular complexity index is 449. The Labute approximate surface area is 99.7 Å². The van der Waals surface area contributed by atoms with Crippen LogP contribution < -0.4 is 5.32 Å². The van der Waals surface area contributed by atoms with Gasteiger partial charge in [0.15, 0.2) is 0 Å². The quantitative estimate of drug-likeness (QED) is 0.835. The van der Waals surface area contributed by atoms with Crippen LogP contribution >= 0.6 is 11.6 Å². The molecule has 0 spiro atoms. The van der Waals surface area contributed by atoms with Crippen LogP contribution in [0.3, 0.4) is 0 Å². The lowest BCUT2D eigenvalue weighted by Crippen LogP contribution is -2.28. The lowest BCUT2D eigenvalue weighted by atomic mass is 10.5. The van der Waals surface area contributed by atoms with Crippen molar-refractivity contribution in [3.8, 4) is 0 Å². The zero-order valence-electron chi connectivity index (χ0n) is 9.01. The zero-order chi connectivity index (χ0) is 12.2. The maximum absolute atomic E-state index is 11.4. The van der Waals surface area contributed by atoms with E-state index in [4.69, 9.17) is 11.6 Å². The summed E-state index contributed by atoms with van der Waals surface area (Å²) in [6.07, 6.45) is 2.78. The van der Waals surface area contributed by atoms with Gasteiger partial charge in [-0.15, -0.1) is 0 Å². The van der Waals surface area contributed by atoms with Gasteiger partial charge in [0, 0.05) is 20.6 Å². The molecule has 1 rings (SSSR count). The van der Waals surface area contributed by atoms with Gasteiger partial charge in [0.1, 0.15) is 17.2 Å². The fraction of sp³-hybridized carbons (Fsp3) is 0.500. The maximum Gasteiger partial charge on any atom is 0.215 e. The molecule has 16 heavy (non-hydrogen) atoms. The third-order valence-electron chi connectivity index (χ3n) is 1.88. The number of sulfonamides is 1. The molecule has 0 saturated carbocycles. The first kappa shape index (κ1) is 13.1. The van der Waals surface area contributed by atoms with Crippen molar-refractivity contribution >= 4 is 27.4 Å². The second kappa shape index (κ2) is 5.42. The molecule has 0 atom stereocenters. The summed E-state index contributed by atoms with van der Waals surface area (Å²) in [6, 6.07) is 0. The molecule has 0 aliphatic heterocycles. The van der Waals surface area contributed by atoms with E-state index in [1.54, 1.807) is 0 Å². The van der Waals surface area contributed by atoms with E-state index in [9.17, 15) is 8.42 Å². The number of nitrogens with one attached hydrogen (secondary N) is 1. The van der Waals surface area contributed by atoms with Gasteiger partial charge in [-0.05, 0) is 0 Å². The van der Waals surface area contributed by atoms with Crippen LogP contribution in [0.15, 0.2) is 12.5 Å². The largest absolute Gasteiger partial charge is 0.368 e. The summed E-state index contributed by atoms with van der Waals surface area (Å²) >= 11 is 5.79. The Kier molecular flexibility index (Phi) is 4.45. The molecule has 90 valence electrons. The lowest BCUT2D eigenvalue weighted by Gasteiger charge is -2.11. The van der Waals surface area contributed by atoms with Gasteiger partial charge in [0.2, 0.25) is 10.0 Å². The Hall–Kier alpha value is -0.920. The Balaban J connectivity index is 2.52. The minimum Gasteiger partial charge on any atom is -0.368 e. The van der Waals surface area contributed by atoms with Crippen molar-refractivity contribution in [3.63, 3.8) is 0 Å². The van der Waals surface area contributed by atoms with E-state index in [1.807, 2.05) is 0 Å². The summed E-state index contributed by atoms with van der Waals surface area (Å²) in [5.41, 5.74) is 0. The summed E-state index contributed by atoms with van der Waals surface area (Å²) in [4.78, 5) is 7.60. The van der Waals surface area contributed by atoms with E-state index in [-0.39, 0.29) is 12.3 Å². The molecule has 0 saturated heterocycles. The highest BCUT2D eigenvalue weighted by atomic mass is 35.5. The Morgan fingerprint density at radius 2 is 2.19 bits per heavy atom. The standard InChI is InChI=1S/C8H13ClN4O2S/c1-13(2)16(14,15)4-3-11-8-7(9)5-10-6-12-8/h5-6H,3-4H2,1-2H3,(H,10,11,12). The molecule has 0 amide bonds. The molecule has 0 radical (unpaired) electrons. The number of anilines is 1. The van der Waals surface area contributed by atoms with Crippen molar-refractivity contribution in [2.45, 2.75) is 0 Å². The average molecular weight is 265 g/mol. The van der Waals surface area contributed by atoms with E-state index in [2.05, 4.69) is 15.3 Å². The van der Waals surface area contributed by atoms with E-state index in [0.717, 1.165) is 0 Å². The maximum atomic E-state index is 11.4. The van der Waals surface area contributed by atoms with Gasteiger partial charge < -0.3 is 5.32 Å². The van der Waals surface area contributed by atoms with E-state index in [0.29, 0.717) is 10.8 Å². The highest BCUT2D eigenvalue weighted by Crippen LogP contribution is 2.15. The number of halogens is 1. The molecule has 0 bridgehead atoms. The van der Waals surface area contributed by atoms with Gasteiger partial charge in [-0.25, -0.2) is 22.7 Å². The Morgan fingerprint density at radius 1 is 1.50 bits per heavy atom. The van der Waals surface area contributed by atoms with E-state index in [1.165, 1.54) is 30.9 Å². The molecule has 1 N–H and O–H groups in total. The third-order valence-corrected chi connectivity index (χ3v) is 3.99. The SMILES string of the molecule is CN(C)S(=O)(=O)CCNc1ncncc1Cl. The van der Waals surface area contributed by atoms with Gasteiger partial charge in [0.25, 0.3) is 0 Å². The van der Waals surface area contributed by atoms with Gasteiger partial charge in [-0.3, -0.25) is 0 Å². The molecule has 1 aromatic heterocycles. The monoisotopic (exact) mass is 264 g/mol. The second-order valence-corrected chi connectivity index (χ2v) is 5.95. The third kappa shape index (κ3) is 3.58. The summed E-state index contributed by atoms with van der Waals surface area (Å²) in [7, 11) is -0.211. The molecular weight excluding hydrogens is 252 g/mol. The molecule has 8 heteroatoms. The Morgan fingerprint density at radius 3 is 2.75 bits per heavy atom. The van der Waals surface area contributed by atoms with Crippen molar-refractivity contribution in [1.82, 2.24) is 14.3 Å². The number of nitrogens with zero attached hydrogens (tertiary/aromatic N) is 3. The van der Waals surface area contributed by atoms with Crippen LogP contribution in [0, 0.1) is 0 Å². The van der Waals surface area contributed by atoms with Crippen molar-refractivity contribution in [2.24, 2.45) is 0 Å². The summed E-state index contributed by atoms with van der Waals surface area (Å²) < 4.78 is 24.0. The van der Waals surface area contributed by atoms with Gasteiger partial charge in [-0.2, -0.15) is 0 Å². The van der Waals surface area contributed by atoms with Gasteiger partial charge in [0.05, 0.1) is 11.9 Å². The van der Waals surface area contributed by atoms with Crippen LogP contribution in [-0.4, -0.2) is 49.1 Å². The van der Waals surface area contributed by atoms with Crippen LogP contribution in [0.1, 0.15) is 0 Å². The minimum atomic E-state index is -3.20. The molecule has 0 unspecified atom stereocenters. The van der Waals surface area contributed by atoms with Crippen molar-refractivity contribution in [1.29, 1.82) is 0 Å². The van der Waals surface area contributed by atoms with Crippen LogP contribution in [0.25, 0.3) is 0 Å². The molecule has 0 fully saturated rings. The number of hydrogen-bond donors (Lipinski definition) is 1. The minimum absolute atomic E-state index is 0.0136. The highest BCUT2D eigenvalue weighted by molar-refractivity contribution is 7.89. The molecule has 0 aliphatic rings. The van der Waals surface area contributed by atoms with Gasteiger partial charge in [-0.1, -0.05) is 11.6 Å². The molecule has 1 heterocycles. The van der Waals surface area contributed by atoms with Crippen molar-refractivity contribution < 1.29 is 8.42 Å². The topological polar surface area (TPSA) is 75.2 Å². The van der Waals surface area contributed by atoms with Crippen molar-refractivity contribution in [3.05, 3.63) is 17.5 Å². The predicted molar refractivity (Wildman–Crippen MR) is 63.0 cm³/mol. The normalized spacial score (nSPS) is 11.8. The average Bonchev–Trinajstić information content (AvgIpc) is 2.20. The summed E-state index contributed by atoms with van der Waals surface area (Å²) in [5.74, 6) is 0.422. The summed E-state index contributed by atoms with van der Waals surface area (Å²) in [5, 5.41) is 3.20. The first-order valence-corrected chi connectivity index (χ1v) is 6.52. The first-order valence-electron chi connectivity index (χ1n) is 4.53. The number of rotatable bonds is 5. The number of hydrogen-bond acceptors (Lipinski definition) is 5. The van der Waals surface area contributed by atoms with Gasteiger partial charge >= 0.3 is 0 Å². The van der Waals surface area contributed by atoms with E-state index < -0.39 is 10.0 Å². The molecule has 1 aromatic rings.